The predicted octanol–water partition coefficient (Wildman–Crippen LogP) is 5.11. The van der Waals surface area contributed by atoms with Crippen molar-refractivity contribution in [3.63, 3.8) is 0 Å². The van der Waals surface area contributed by atoms with E-state index in [1.807, 2.05) is 12.1 Å². The van der Waals surface area contributed by atoms with Crippen LogP contribution in [0.2, 0.25) is 0 Å². The molecule has 0 radical (unpaired) electrons. The molecule has 0 heterocycles. The Morgan fingerprint density at radius 3 is 1.07 bits per heavy atom. The Hall–Kier alpha value is -2.88. The number of hydrogen-bond donors (Lipinski definition) is 0. The molecule has 0 aliphatic heterocycles. The molecule has 144 valence electrons. The van der Waals surface area contributed by atoms with Crippen LogP contribution in [0.4, 0.5) is 0 Å². The van der Waals surface area contributed by atoms with Crippen molar-refractivity contribution in [3.05, 3.63) is 71.8 Å². The van der Waals surface area contributed by atoms with Gasteiger partial charge in [0.1, 0.15) is 11.6 Å². The summed E-state index contributed by atoms with van der Waals surface area (Å²) in [4.78, 5) is 43.7. The molecule has 4 heteroatoms. The largest absolute Gasteiger partial charge is 0.300 e. The number of Topliss-reactive ketones (excluding diaryl/α,β-unsaturated/α-hetero) is 4. The number of carbonyl (C=O) groups excluding carboxylic acids is 4. The summed E-state index contributed by atoms with van der Waals surface area (Å²) in [5.74, 6) is -0.404. The van der Waals surface area contributed by atoms with Crippen LogP contribution in [0.1, 0.15) is 67.7 Å². The number of hydrogen-bond acceptors (Lipinski definition) is 4. The monoisotopic (exact) mass is 368 g/mol. The smallest absolute Gasteiger partial charge is 0.170 e. The lowest BCUT2D eigenvalue weighted by Gasteiger charge is -1.95. The molecule has 0 aromatic heterocycles. The standard InChI is InChI=1S/2C10H10O2.C3H8/c2*1-8(11)7-10(12)9-5-3-2-4-6-9;1-3-2/h2*2-6H,7H2,1H3;3H2,1-2H3. The zero-order valence-electron chi connectivity index (χ0n) is 16.5. The molecule has 0 saturated heterocycles. The average molecular weight is 368 g/mol. The highest BCUT2D eigenvalue weighted by atomic mass is 16.2. The Bertz CT molecular complexity index is 655. The molecule has 0 saturated carbocycles. The molecule has 0 spiro atoms. The quantitative estimate of drug-likeness (QED) is 0.525. The van der Waals surface area contributed by atoms with Crippen molar-refractivity contribution in [1.29, 1.82) is 0 Å². The lowest BCUT2D eigenvalue weighted by atomic mass is 10.1. The van der Waals surface area contributed by atoms with Gasteiger partial charge < -0.3 is 0 Å². The van der Waals surface area contributed by atoms with Crippen molar-refractivity contribution < 1.29 is 19.2 Å². The Kier molecular flexibility index (Phi) is 12.8. The summed E-state index contributed by atoms with van der Waals surface area (Å²) >= 11 is 0. The molecule has 0 aliphatic rings. The summed E-state index contributed by atoms with van der Waals surface area (Å²) < 4.78 is 0. The first-order chi connectivity index (χ1) is 12.8. The van der Waals surface area contributed by atoms with Gasteiger partial charge in [-0.15, -0.1) is 0 Å². The second kappa shape index (κ2) is 14.3. The molecule has 27 heavy (non-hydrogen) atoms. The van der Waals surface area contributed by atoms with Crippen LogP contribution < -0.4 is 0 Å². The molecule has 0 amide bonds. The average Bonchev–Trinajstić information content (AvgIpc) is 2.63. The van der Waals surface area contributed by atoms with Gasteiger partial charge in [0.25, 0.3) is 0 Å². The third-order valence-corrected chi connectivity index (χ3v) is 3.01. The second-order valence-corrected chi connectivity index (χ2v) is 6.04. The molecule has 4 nitrogen and oxygen atoms in total. The molecule has 0 aliphatic carbocycles. The van der Waals surface area contributed by atoms with E-state index >= 15 is 0 Å². The van der Waals surface area contributed by atoms with Crippen LogP contribution in [0.3, 0.4) is 0 Å². The van der Waals surface area contributed by atoms with Gasteiger partial charge in [-0.3, -0.25) is 19.2 Å². The molecule has 0 N–H and O–H groups in total. The normalized spacial score (nSPS) is 9.04. The highest BCUT2D eigenvalue weighted by Crippen LogP contribution is 2.03. The van der Waals surface area contributed by atoms with Gasteiger partial charge in [0.05, 0.1) is 12.8 Å². The summed E-state index contributed by atoms with van der Waals surface area (Å²) in [5.41, 5.74) is 1.21. The van der Waals surface area contributed by atoms with E-state index in [4.69, 9.17) is 0 Å². The van der Waals surface area contributed by atoms with E-state index in [0.717, 1.165) is 0 Å². The zero-order chi connectivity index (χ0) is 20.7. The Labute approximate surface area is 161 Å². The maximum atomic E-state index is 11.2. The first-order valence-corrected chi connectivity index (χ1v) is 8.97. The van der Waals surface area contributed by atoms with Gasteiger partial charge in [-0.05, 0) is 13.8 Å². The van der Waals surface area contributed by atoms with Gasteiger partial charge >= 0.3 is 0 Å². The van der Waals surface area contributed by atoms with Crippen LogP contribution in [-0.4, -0.2) is 23.1 Å². The van der Waals surface area contributed by atoms with Gasteiger partial charge in [-0.25, -0.2) is 0 Å². The Balaban J connectivity index is 0.000000438. The van der Waals surface area contributed by atoms with Crippen LogP contribution in [-0.2, 0) is 9.59 Å². The van der Waals surface area contributed by atoms with E-state index in [-0.39, 0.29) is 36.0 Å². The van der Waals surface area contributed by atoms with E-state index in [2.05, 4.69) is 13.8 Å². The highest BCUT2D eigenvalue weighted by Gasteiger charge is 2.07. The SMILES string of the molecule is CC(=O)CC(=O)c1ccccc1.CC(=O)CC(=O)c1ccccc1.CCC. The molecule has 2 aromatic carbocycles. The molecular weight excluding hydrogens is 340 g/mol. The van der Waals surface area contributed by atoms with Gasteiger partial charge in [0, 0.05) is 11.1 Å². The van der Waals surface area contributed by atoms with Crippen LogP contribution in [0.15, 0.2) is 60.7 Å². The van der Waals surface area contributed by atoms with Crippen LogP contribution in [0, 0.1) is 0 Å². The van der Waals surface area contributed by atoms with Gasteiger partial charge in [0.15, 0.2) is 11.6 Å². The van der Waals surface area contributed by atoms with Gasteiger partial charge in [-0.2, -0.15) is 0 Å². The number of rotatable bonds is 6. The fourth-order valence-corrected chi connectivity index (χ4v) is 1.90. The fraction of sp³-hybridized carbons (Fsp3) is 0.304. The third kappa shape index (κ3) is 12.2. The van der Waals surface area contributed by atoms with Crippen LogP contribution in [0.5, 0.6) is 0 Å². The van der Waals surface area contributed by atoms with Crippen molar-refractivity contribution in [2.24, 2.45) is 0 Å². The maximum absolute atomic E-state index is 11.2. The van der Waals surface area contributed by atoms with Gasteiger partial charge in [-0.1, -0.05) is 80.9 Å². The van der Waals surface area contributed by atoms with Crippen molar-refractivity contribution in [3.8, 4) is 0 Å². The van der Waals surface area contributed by atoms with Crippen LogP contribution in [0.25, 0.3) is 0 Å². The molecular formula is C23H28O4. The van der Waals surface area contributed by atoms with E-state index in [9.17, 15) is 19.2 Å². The molecule has 2 aromatic rings. The van der Waals surface area contributed by atoms with E-state index < -0.39 is 0 Å². The summed E-state index contributed by atoms with van der Waals surface area (Å²) in [6.07, 6.45) is 1.26. The minimum atomic E-state index is -0.108. The van der Waals surface area contributed by atoms with Crippen molar-refractivity contribution in [1.82, 2.24) is 0 Å². The minimum Gasteiger partial charge on any atom is -0.300 e. The second-order valence-electron chi connectivity index (χ2n) is 6.04. The number of ketones is 4. The van der Waals surface area contributed by atoms with Gasteiger partial charge in [0.2, 0.25) is 0 Å². The van der Waals surface area contributed by atoms with Crippen molar-refractivity contribution in [2.45, 2.75) is 47.0 Å². The lowest BCUT2D eigenvalue weighted by Crippen LogP contribution is -2.04. The summed E-state index contributed by atoms with van der Waals surface area (Å²) in [5, 5.41) is 0. The molecule has 0 atom stereocenters. The summed E-state index contributed by atoms with van der Waals surface area (Å²) in [7, 11) is 0. The topological polar surface area (TPSA) is 68.3 Å². The number of benzene rings is 2. The minimum absolute atomic E-state index is 0.00398. The molecule has 0 unspecified atom stereocenters. The molecule has 0 bridgehead atoms. The summed E-state index contributed by atoms with van der Waals surface area (Å²) in [6, 6.07) is 17.7. The zero-order valence-corrected chi connectivity index (χ0v) is 16.5. The predicted molar refractivity (Wildman–Crippen MR) is 108 cm³/mol. The van der Waals surface area contributed by atoms with Crippen molar-refractivity contribution in [2.75, 3.05) is 0 Å². The molecule has 0 fully saturated rings. The van der Waals surface area contributed by atoms with E-state index in [1.165, 1.54) is 20.3 Å². The Morgan fingerprint density at radius 2 is 0.852 bits per heavy atom. The first-order valence-electron chi connectivity index (χ1n) is 8.97. The Morgan fingerprint density at radius 1 is 0.593 bits per heavy atom. The fourth-order valence-electron chi connectivity index (χ4n) is 1.90. The number of carbonyl (C=O) groups is 4. The molecule has 2 rings (SSSR count). The van der Waals surface area contributed by atoms with Crippen LogP contribution >= 0.6 is 0 Å². The first kappa shape index (κ1) is 24.1. The summed E-state index contributed by atoms with van der Waals surface area (Å²) in [6.45, 7) is 7.08. The third-order valence-electron chi connectivity index (χ3n) is 3.01. The van der Waals surface area contributed by atoms with E-state index in [1.54, 1.807) is 48.5 Å². The lowest BCUT2D eigenvalue weighted by molar-refractivity contribution is -0.117. The van der Waals surface area contributed by atoms with E-state index in [0.29, 0.717) is 11.1 Å². The maximum Gasteiger partial charge on any atom is 0.170 e. The highest BCUT2D eigenvalue weighted by molar-refractivity contribution is 6.07. The van der Waals surface area contributed by atoms with Crippen molar-refractivity contribution >= 4 is 23.1 Å².